The average Bonchev–Trinajstić information content (AvgIpc) is 2.96. The molecule has 0 unspecified atom stereocenters. The maximum absolute atomic E-state index is 12.2. The molecule has 1 amide bonds. The summed E-state index contributed by atoms with van der Waals surface area (Å²) in [7, 11) is 0. The predicted octanol–water partition coefficient (Wildman–Crippen LogP) is 1.07. The molecule has 0 radical (unpaired) electrons. The van der Waals surface area contributed by atoms with Gasteiger partial charge in [0.05, 0.1) is 12.0 Å². The number of carbonyl (C=O) groups is 2. The number of nitrogens with two attached hydrogens (primary N) is 1. The van der Waals surface area contributed by atoms with Crippen LogP contribution in [0.25, 0.3) is 0 Å². The molecule has 2 aliphatic rings. The summed E-state index contributed by atoms with van der Waals surface area (Å²) in [6, 6.07) is -0.438. The summed E-state index contributed by atoms with van der Waals surface area (Å²) in [6.07, 6.45) is 3.30. The van der Waals surface area contributed by atoms with Crippen molar-refractivity contribution in [3.05, 3.63) is 0 Å². The van der Waals surface area contributed by atoms with Gasteiger partial charge in [-0.3, -0.25) is 9.59 Å². The quantitative estimate of drug-likeness (QED) is 0.802. The van der Waals surface area contributed by atoms with Crippen LogP contribution < -0.4 is 5.73 Å². The number of carboxylic acids is 1. The highest BCUT2D eigenvalue weighted by Crippen LogP contribution is 2.48. The summed E-state index contributed by atoms with van der Waals surface area (Å²) in [5, 5.41) is 9.09. The lowest BCUT2D eigenvalue weighted by Gasteiger charge is -2.26. The van der Waals surface area contributed by atoms with Crippen molar-refractivity contribution in [2.75, 3.05) is 13.1 Å². The molecule has 1 saturated carbocycles. The molecule has 1 heterocycles. The molecule has 1 aliphatic carbocycles. The van der Waals surface area contributed by atoms with Crippen LogP contribution >= 0.6 is 0 Å². The van der Waals surface area contributed by atoms with Crippen molar-refractivity contribution in [2.45, 2.75) is 45.6 Å². The van der Waals surface area contributed by atoms with E-state index in [0.29, 0.717) is 13.0 Å². The SMILES string of the molecule is CC(C)[C@H](N)C(=O)N1CC[C@]2(CC[C@@H](C(=O)O)C2)C1. The molecule has 5 nitrogen and oxygen atoms in total. The second kappa shape index (κ2) is 5.12. The topological polar surface area (TPSA) is 83.6 Å². The van der Waals surface area contributed by atoms with Gasteiger partial charge in [0.15, 0.2) is 0 Å². The molecule has 0 bridgehead atoms. The molecular formula is C14H24N2O3. The highest BCUT2D eigenvalue weighted by atomic mass is 16.4. The molecule has 1 aliphatic heterocycles. The molecule has 2 fully saturated rings. The first kappa shape index (κ1) is 14.3. The van der Waals surface area contributed by atoms with E-state index in [2.05, 4.69) is 0 Å². The summed E-state index contributed by atoms with van der Waals surface area (Å²) < 4.78 is 0. The number of carbonyl (C=O) groups excluding carboxylic acids is 1. The van der Waals surface area contributed by atoms with Crippen LogP contribution in [-0.2, 0) is 9.59 Å². The third-order valence-electron chi connectivity index (χ3n) is 4.81. The first-order chi connectivity index (χ1) is 8.84. The van der Waals surface area contributed by atoms with E-state index in [0.717, 1.165) is 25.8 Å². The lowest BCUT2D eigenvalue weighted by molar-refractivity contribution is -0.141. The van der Waals surface area contributed by atoms with E-state index in [1.807, 2.05) is 18.7 Å². The van der Waals surface area contributed by atoms with Gasteiger partial charge in [-0.2, -0.15) is 0 Å². The predicted molar refractivity (Wildman–Crippen MR) is 71.4 cm³/mol. The van der Waals surface area contributed by atoms with Crippen LogP contribution in [0.1, 0.15) is 39.5 Å². The average molecular weight is 268 g/mol. The van der Waals surface area contributed by atoms with Crippen molar-refractivity contribution in [1.29, 1.82) is 0 Å². The minimum atomic E-state index is -0.694. The van der Waals surface area contributed by atoms with Crippen molar-refractivity contribution in [3.63, 3.8) is 0 Å². The number of likely N-dealkylation sites (tertiary alicyclic amines) is 1. The fourth-order valence-electron chi connectivity index (χ4n) is 3.41. The minimum Gasteiger partial charge on any atom is -0.481 e. The summed E-state index contributed by atoms with van der Waals surface area (Å²) in [5.74, 6) is -0.764. The Morgan fingerprint density at radius 3 is 2.58 bits per heavy atom. The maximum atomic E-state index is 12.2. The lowest BCUT2D eigenvalue weighted by atomic mass is 9.84. The van der Waals surface area contributed by atoms with Crippen LogP contribution in [0.2, 0.25) is 0 Å². The molecular weight excluding hydrogens is 244 g/mol. The molecule has 108 valence electrons. The van der Waals surface area contributed by atoms with Crippen molar-refractivity contribution < 1.29 is 14.7 Å². The number of hydrogen-bond donors (Lipinski definition) is 2. The van der Waals surface area contributed by atoms with Gasteiger partial charge in [0.2, 0.25) is 5.91 Å². The van der Waals surface area contributed by atoms with E-state index in [-0.39, 0.29) is 23.2 Å². The molecule has 1 spiro atoms. The van der Waals surface area contributed by atoms with Crippen LogP contribution in [0.5, 0.6) is 0 Å². The van der Waals surface area contributed by atoms with E-state index < -0.39 is 12.0 Å². The summed E-state index contributed by atoms with van der Waals surface area (Å²) in [5.41, 5.74) is 5.95. The highest BCUT2D eigenvalue weighted by molar-refractivity contribution is 5.82. The molecule has 2 rings (SSSR count). The molecule has 0 aromatic rings. The Bertz CT molecular complexity index is 383. The number of hydrogen-bond acceptors (Lipinski definition) is 3. The Morgan fingerprint density at radius 2 is 2.05 bits per heavy atom. The maximum Gasteiger partial charge on any atom is 0.306 e. The Kier molecular flexibility index (Phi) is 3.85. The van der Waals surface area contributed by atoms with Gasteiger partial charge >= 0.3 is 5.97 Å². The third-order valence-corrected chi connectivity index (χ3v) is 4.81. The van der Waals surface area contributed by atoms with Crippen molar-refractivity contribution in [2.24, 2.45) is 23.0 Å². The monoisotopic (exact) mass is 268 g/mol. The van der Waals surface area contributed by atoms with Gasteiger partial charge in [0.25, 0.3) is 0 Å². The van der Waals surface area contributed by atoms with E-state index in [4.69, 9.17) is 10.8 Å². The zero-order valence-electron chi connectivity index (χ0n) is 11.8. The standard InChI is InChI=1S/C14H24N2O3/c1-9(2)11(15)12(17)16-6-5-14(8-16)4-3-10(7-14)13(18)19/h9-11H,3-8,15H2,1-2H3,(H,18,19)/t10-,11+,14+/m1/s1. The van der Waals surface area contributed by atoms with E-state index in [1.54, 1.807) is 0 Å². The minimum absolute atomic E-state index is 0.0191. The van der Waals surface area contributed by atoms with Gasteiger partial charge in [-0.05, 0) is 37.0 Å². The molecule has 19 heavy (non-hydrogen) atoms. The van der Waals surface area contributed by atoms with Crippen LogP contribution in [-0.4, -0.2) is 41.0 Å². The number of nitrogens with zero attached hydrogens (tertiary/aromatic N) is 1. The Hall–Kier alpha value is -1.10. The first-order valence-corrected chi connectivity index (χ1v) is 7.12. The lowest BCUT2D eigenvalue weighted by Crippen LogP contribution is -2.46. The number of amides is 1. The van der Waals surface area contributed by atoms with Crippen molar-refractivity contribution in [1.82, 2.24) is 4.90 Å². The van der Waals surface area contributed by atoms with E-state index >= 15 is 0 Å². The second-order valence-corrected chi connectivity index (χ2v) is 6.56. The van der Waals surface area contributed by atoms with E-state index in [9.17, 15) is 9.59 Å². The van der Waals surface area contributed by atoms with Crippen molar-refractivity contribution >= 4 is 11.9 Å². The summed E-state index contributed by atoms with van der Waals surface area (Å²) in [4.78, 5) is 25.1. The molecule has 0 aromatic carbocycles. The van der Waals surface area contributed by atoms with Crippen LogP contribution in [0, 0.1) is 17.3 Å². The number of rotatable bonds is 3. The highest BCUT2D eigenvalue weighted by Gasteiger charge is 2.47. The fraction of sp³-hybridized carbons (Fsp3) is 0.857. The van der Waals surface area contributed by atoms with Crippen LogP contribution in [0.4, 0.5) is 0 Å². The smallest absolute Gasteiger partial charge is 0.306 e. The molecule has 0 aromatic heterocycles. The zero-order valence-corrected chi connectivity index (χ0v) is 11.8. The Labute approximate surface area is 114 Å². The zero-order chi connectivity index (χ0) is 14.2. The van der Waals surface area contributed by atoms with Gasteiger partial charge < -0.3 is 15.7 Å². The number of carboxylic acid groups (broad SMARTS) is 1. The number of aliphatic carboxylic acids is 1. The largest absolute Gasteiger partial charge is 0.481 e. The second-order valence-electron chi connectivity index (χ2n) is 6.56. The Morgan fingerprint density at radius 1 is 1.37 bits per heavy atom. The van der Waals surface area contributed by atoms with Crippen molar-refractivity contribution in [3.8, 4) is 0 Å². The first-order valence-electron chi connectivity index (χ1n) is 7.12. The van der Waals surface area contributed by atoms with Gasteiger partial charge in [0, 0.05) is 13.1 Å². The van der Waals surface area contributed by atoms with Gasteiger partial charge in [0.1, 0.15) is 0 Å². The summed E-state index contributed by atoms with van der Waals surface area (Å²) in [6.45, 7) is 5.32. The molecule has 3 atom stereocenters. The fourth-order valence-corrected chi connectivity index (χ4v) is 3.41. The van der Waals surface area contributed by atoms with Gasteiger partial charge in [-0.1, -0.05) is 13.8 Å². The summed E-state index contributed by atoms with van der Waals surface area (Å²) >= 11 is 0. The Balaban J connectivity index is 1.97. The van der Waals surface area contributed by atoms with Gasteiger partial charge in [-0.25, -0.2) is 0 Å². The van der Waals surface area contributed by atoms with Gasteiger partial charge in [-0.15, -0.1) is 0 Å². The van der Waals surface area contributed by atoms with Crippen LogP contribution in [0.3, 0.4) is 0 Å². The molecule has 1 saturated heterocycles. The molecule has 3 N–H and O–H groups in total. The molecule has 5 heteroatoms. The normalized spacial score (nSPS) is 32.2. The third kappa shape index (κ3) is 2.76. The van der Waals surface area contributed by atoms with Crippen LogP contribution in [0.15, 0.2) is 0 Å². The van der Waals surface area contributed by atoms with E-state index in [1.165, 1.54) is 0 Å².